The first-order valence-corrected chi connectivity index (χ1v) is 11.6. The van der Waals surface area contributed by atoms with E-state index in [9.17, 15) is 4.79 Å². The lowest BCUT2D eigenvalue weighted by Crippen LogP contribution is -2.37. The predicted molar refractivity (Wildman–Crippen MR) is 127 cm³/mol. The Morgan fingerprint density at radius 2 is 2.00 bits per heavy atom. The highest BCUT2D eigenvalue weighted by molar-refractivity contribution is 6.03. The standard InChI is InChI=1S/C26H30N4O2/c1-4-29-13-11-19(12-14-29)23-10-8-21-7-5-17(2)22(16-26(31)30(21)28-23)20-6-9-24-25(15-20)32-18(3)27-24/h6-10,15-17,19H,4-5,11-14H2,1-3H3. The number of benzene rings is 1. The second kappa shape index (κ2) is 8.51. The van der Waals surface area contributed by atoms with Gasteiger partial charge in [0.1, 0.15) is 5.52 Å². The molecule has 3 aliphatic rings. The number of nitrogens with zero attached hydrogens (tertiary/aromatic N) is 4. The fourth-order valence-electron chi connectivity index (χ4n) is 4.89. The van der Waals surface area contributed by atoms with Crippen LogP contribution in [-0.2, 0) is 4.79 Å². The number of fused-ring (bicyclic) bond motifs is 2. The van der Waals surface area contributed by atoms with Gasteiger partial charge in [-0.05, 0) is 80.2 Å². The first-order valence-electron chi connectivity index (χ1n) is 11.6. The van der Waals surface area contributed by atoms with Crippen LogP contribution in [0.5, 0.6) is 0 Å². The summed E-state index contributed by atoms with van der Waals surface area (Å²) in [4.78, 5) is 20.2. The van der Waals surface area contributed by atoms with E-state index >= 15 is 0 Å². The summed E-state index contributed by atoms with van der Waals surface area (Å²) in [6, 6.07) is 5.98. The Morgan fingerprint density at radius 1 is 1.19 bits per heavy atom. The second-order valence-corrected chi connectivity index (χ2v) is 9.00. The summed E-state index contributed by atoms with van der Waals surface area (Å²) in [6.45, 7) is 9.49. The highest BCUT2D eigenvalue weighted by Gasteiger charge is 2.28. The molecule has 4 heterocycles. The zero-order chi connectivity index (χ0) is 22.2. The van der Waals surface area contributed by atoms with Crippen LogP contribution < -0.4 is 0 Å². The zero-order valence-electron chi connectivity index (χ0n) is 19.0. The summed E-state index contributed by atoms with van der Waals surface area (Å²) < 4.78 is 5.72. The quantitative estimate of drug-likeness (QED) is 0.693. The van der Waals surface area contributed by atoms with E-state index in [4.69, 9.17) is 9.52 Å². The number of hydrazone groups is 1. The molecule has 0 aliphatic carbocycles. The van der Waals surface area contributed by atoms with Crippen molar-refractivity contribution in [2.24, 2.45) is 16.9 Å². The van der Waals surface area contributed by atoms with Crippen LogP contribution >= 0.6 is 0 Å². The van der Waals surface area contributed by atoms with Gasteiger partial charge >= 0.3 is 0 Å². The van der Waals surface area contributed by atoms with Gasteiger partial charge in [0.2, 0.25) is 0 Å². The number of hydrogen-bond donors (Lipinski definition) is 0. The number of hydrogen-bond acceptors (Lipinski definition) is 5. The summed E-state index contributed by atoms with van der Waals surface area (Å²) in [6.07, 6.45) is 11.1. The van der Waals surface area contributed by atoms with Crippen LogP contribution in [0.15, 0.2) is 57.7 Å². The molecule has 6 heteroatoms. The molecule has 2 aromatic rings. The Balaban J connectivity index is 1.44. The van der Waals surface area contributed by atoms with Gasteiger partial charge in [-0.3, -0.25) is 4.79 Å². The second-order valence-electron chi connectivity index (χ2n) is 9.00. The van der Waals surface area contributed by atoms with Gasteiger partial charge in [0.15, 0.2) is 11.5 Å². The zero-order valence-corrected chi connectivity index (χ0v) is 19.0. The van der Waals surface area contributed by atoms with E-state index < -0.39 is 0 Å². The average Bonchev–Trinajstić information content (AvgIpc) is 3.19. The van der Waals surface area contributed by atoms with E-state index in [1.54, 1.807) is 11.1 Å². The van der Waals surface area contributed by atoms with E-state index in [0.29, 0.717) is 11.8 Å². The van der Waals surface area contributed by atoms with E-state index in [1.165, 1.54) is 0 Å². The van der Waals surface area contributed by atoms with Gasteiger partial charge in [0, 0.05) is 18.9 Å². The number of carbonyl (C=O) groups excluding carboxylic acids is 1. The third-order valence-electron chi connectivity index (χ3n) is 6.87. The molecule has 1 aromatic heterocycles. The molecule has 6 nitrogen and oxygen atoms in total. The van der Waals surface area contributed by atoms with E-state index in [0.717, 1.165) is 72.5 Å². The fraction of sp³-hybridized carbons (Fsp3) is 0.423. The monoisotopic (exact) mass is 430 g/mol. The lowest BCUT2D eigenvalue weighted by Gasteiger charge is -2.33. The van der Waals surface area contributed by atoms with Crippen molar-refractivity contribution in [2.75, 3.05) is 19.6 Å². The van der Waals surface area contributed by atoms with Gasteiger partial charge in [0.05, 0.1) is 11.4 Å². The maximum atomic E-state index is 13.3. The SMILES string of the molecule is CCN1CCC(C2=NN3C(=O)C=C(c4ccc5nc(C)oc5c4)C(C)CC=C3C=C2)CC1. The van der Waals surface area contributed by atoms with Crippen molar-refractivity contribution >= 4 is 28.3 Å². The Hall–Kier alpha value is -2.99. The lowest BCUT2D eigenvalue weighted by molar-refractivity contribution is -0.124. The molecule has 166 valence electrons. The molecule has 32 heavy (non-hydrogen) atoms. The largest absolute Gasteiger partial charge is 0.441 e. The summed E-state index contributed by atoms with van der Waals surface area (Å²) in [5.41, 5.74) is 5.47. The summed E-state index contributed by atoms with van der Waals surface area (Å²) >= 11 is 0. The smallest absolute Gasteiger partial charge is 0.271 e. The molecular formula is C26H30N4O2. The molecule has 3 aliphatic heterocycles. The number of allylic oxidation sites excluding steroid dienone is 4. The Labute approximate surface area is 189 Å². The number of amides is 1. The molecule has 0 N–H and O–H groups in total. The van der Waals surface area contributed by atoms with Gasteiger partial charge in [-0.2, -0.15) is 10.1 Å². The number of aromatic nitrogens is 1. The van der Waals surface area contributed by atoms with Gasteiger partial charge in [-0.15, -0.1) is 0 Å². The van der Waals surface area contributed by atoms with Gasteiger partial charge < -0.3 is 9.32 Å². The molecule has 1 fully saturated rings. The first-order chi connectivity index (χ1) is 15.5. The molecule has 1 saturated heterocycles. The molecule has 0 radical (unpaired) electrons. The van der Waals surface area contributed by atoms with E-state index in [-0.39, 0.29) is 11.8 Å². The first kappa shape index (κ1) is 20.9. The number of aryl methyl sites for hydroxylation is 1. The minimum atomic E-state index is -0.0977. The van der Waals surface area contributed by atoms with Crippen LogP contribution in [0.25, 0.3) is 16.7 Å². The number of rotatable bonds is 3. The third kappa shape index (κ3) is 3.95. The molecule has 1 atom stereocenters. The maximum absolute atomic E-state index is 13.3. The predicted octanol–water partition coefficient (Wildman–Crippen LogP) is 4.93. The van der Waals surface area contributed by atoms with Gasteiger partial charge in [-0.25, -0.2) is 4.98 Å². The maximum Gasteiger partial charge on any atom is 0.271 e. The van der Waals surface area contributed by atoms with Crippen LogP contribution in [0.3, 0.4) is 0 Å². The van der Waals surface area contributed by atoms with Crippen molar-refractivity contribution in [3.05, 3.63) is 59.7 Å². The van der Waals surface area contributed by atoms with Gasteiger partial charge in [-0.1, -0.05) is 26.0 Å². The summed E-state index contributed by atoms with van der Waals surface area (Å²) in [7, 11) is 0. The highest BCUT2D eigenvalue weighted by Crippen LogP contribution is 2.33. The molecule has 0 spiro atoms. The lowest BCUT2D eigenvalue weighted by atomic mass is 9.88. The van der Waals surface area contributed by atoms with Crippen LogP contribution in [0.2, 0.25) is 0 Å². The number of piperidine rings is 1. The van der Waals surface area contributed by atoms with Crippen LogP contribution in [0, 0.1) is 18.8 Å². The molecule has 5 rings (SSSR count). The number of oxazole rings is 1. The molecule has 0 bridgehead atoms. The average molecular weight is 431 g/mol. The molecule has 0 saturated carbocycles. The van der Waals surface area contributed by atoms with Crippen LogP contribution in [0.4, 0.5) is 0 Å². The minimum absolute atomic E-state index is 0.0977. The third-order valence-corrected chi connectivity index (χ3v) is 6.87. The normalized spacial score (nSPS) is 22.8. The minimum Gasteiger partial charge on any atom is -0.441 e. The van der Waals surface area contributed by atoms with Crippen molar-refractivity contribution in [1.29, 1.82) is 0 Å². The molecule has 1 aromatic carbocycles. The molecule has 1 amide bonds. The molecular weight excluding hydrogens is 400 g/mol. The Bertz CT molecular complexity index is 1160. The van der Waals surface area contributed by atoms with Crippen molar-refractivity contribution in [1.82, 2.24) is 14.9 Å². The Kier molecular flexibility index (Phi) is 5.55. The summed E-state index contributed by atoms with van der Waals surface area (Å²) in [5.74, 6) is 1.16. The van der Waals surface area contributed by atoms with E-state index in [1.807, 2.05) is 25.1 Å². The van der Waals surface area contributed by atoms with Crippen molar-refractivity contribution in [3.8, 4) is 0 Å². The van der Waals surface area contributed by atoms with Crippen molar-refractivity contribution < 1.29 is 9.21 Å². The molecule has 1 unspecified atom stereocenters. The number of carbonyl (C=O) groups is 1. The van der Waals surface area contributed by atoms with Crippen molar-refractivity contribution in [3.63, 3.8) is 0 Å². The topological polar surface area (TPSA) is 61.9 Å². The summed E-state index contributed by atoms with van der Waals surface area (Å²) in [5, 5.41) is 6.41. The van der Waals surface area contributed by atoms with Crippen molar-refractivity contribution in [2.45, 2.75) is 40.0 Å². The van der Waals surface area contributed by atoms with Crippen LogP contribution in [0.1, 0.15) is 44.6 Å². The van der Waals surface area contributed by atoms with Crippen LogP contribution in [-0.4, -0.2) is 46.1 Å². The van der Waals surface area contributed by atoms with Gasteiger partial charge in [0.25, 0.3) is 5.91 Å². The van der Waals surface area contributed by atoms with E-state index in [2.05, 4.69) is 42.0 Å². The highest BCUT2D eigenvalue weighted by atomic mass is 16.3. The number of likely N-dealkylation sites (tertiary alicyclic amines) is 1. The fourth-order valence-corrected chi connectivity index (χ4v) is 4.89. The Morgan fingerprint density at radius 3 is 2.78 bits per heavy atom.